The third-order valence-electron chi connectivity index (χ3n) is 4.37. The van der Waals surface area contributed by atoms with E-state index in [1.54, 1.807) is 18.4 Å². The molecule has 0 unspecified atom stereocenters. The Kier molecular flexibility index (Phi) is 7.18. The summed E-state index contributed by atoms with van der Waals surface area (Å²) >= 11 is 7.62. The Morgan fingerprint density at radius 1 is 1.11 bits per heavy atom. The fraction of sp³-hybridized carbons (Fsp3) is 0.250. The van der Waals surface area contributed by atoms with Crippen LogP contribution < -0.4 is 14.5 Å². The molecular formula is C20H21BrClN3O2S. The van der Waals surface area contributed by atoms with E-state index in [0.29, 0.717) is 18.2 Å². The molecule has 1 fully saturated rings. The molecule has 1 aliphatic heterocycles. The van der Waals surface area contributed by atoms with Crippen LogP contribution in [0.15, 0.2) is 58.9 Å². The molecule has 1 saturated heterocycles. The first-order valence-corrected chi connectivity index (χ1v) is 9.98. The van der Waals surface area contributed by atoms with Gasteiger partial charge < -0.3 is 14.5 Å². The van der Waals surface area contributed by atoms with Crippen molar-refractivity contribution in [3.63, 3.8) is 0 Å². The van der Waals surface area contributed by atoms with E-state index >= 15 is 0 Å². The number of thiazole rings is 1. The largest absolute Gasteiger partial charge is 0.497 e. The molecule has 0 saturated carbocycles. The van der Waals surface area contributed by atoms with Gasteiger partial charge in [-0.15, -0.1) is 28.3 Å². The van der Waals surface area contributed by atoms with Gasteiger partial charge in [-0.25, -0.2) is 9.67 Å². The summed E-state index contributed by atoms with van der Waals surface area (Å²) in [7, 11) is 1.68. The van der Waals surface area contributed by atoms with Crippen LogP contribution in [0.1, 0.15) is 0 Å². The Morgan fingerprint density at radius 3 is 2.57 bits per heavy atom. The number of halogens is 2. The summed E-state index contributed by atoms with van der Waals surface area (Å²) in [5.41, 5.74) is 3.06. The second-order valence-corrected chi connectivity index (χ2v) is 7.37. The van der Waals surface area contributed by atoms with Crippen molar-refractivity contribution in [1.29, 1.82) is 0 Å². The lowest BCUT2D eigenvalue weighted by Gasteiger charge is -2.31. The molecule has 5 nitrogen and oxygen atoms in total. The molecule has 0 N–H and O–H groups in total. The number of benzene rings is 2. The van der Waals surface area contributed by atoms with Gasteiger partial charge in [-0.2, -0.15) is 0 Å². The molecule has 2 aromatic carbocycles. The Balaban J connectivity index is 0.00000225. The van der Waals surface area contributed by atoms with Gasteiger partial charge >= 0.3 is 0 Å². The zero-order chi connectivity index (χ0) is 18.6. The van der Waals surface area contributed by atoms with Crippen molar-refractivity contribution in [3.8, 4) is 17.0 Å². The van der Waals surface area contributed by atoms with E-state index in [-0.39, 0.29) is 17.0 Å². The maximum Gasteiger partial charge on any atom is 0.209 e. The number of hydrogen-bond donors (Lipinski definition) is 0. The third kappa shape index (κ3) is 4.60. The van der Waals surface area contributed by atoms with Gasteiger partial charge in [0.2, 0.25) is 4.80 Å². The summed E-state index contributed by atoms with van der Waals surface area (Å²) < 4.78 is 13.1. The van der Waals surface area contributed by atoms with Gasteiger partial charge in [-0.05, 0) is 36.4 Å². The molecule has 2 heterocycles. The predicted molar refractivity (Wildman–Crippen MR) is 120 cm³/mol. The average molecular weight is 483 g/mol. The summed E-state index contributed by atoms with van der Waals surface area (Å²) in [6.07, 6.45) is 0. The predicted octanol–water partition coefficient (Wildman–Crippen LogP) is 4.66. The van der Waals surface area contributed by atoms with Crippen LogP contribution in [0.4, 0.5) is 5.69 Å². The van der Waals surface area contributed by atoms with Crippen molar-refractivity contribution in [3.05, 3.63) is 63.7 Å². The van der Waals surface area contributed by atoms with E-state index in [1.807, 2.05) is 42.5 Å². The minimum absolute atomic E-state index is 0. The van der Waals surface area contributed by atoms with E-state index in [9.17, 15) is 0 Å². The molecule has 1 aromatic heterocycles. The van der Waals surface area contributed by atoms with E-state index in [4.69, 9.17) is 26.1 Å². The second-order valence-electron chi connectivity index (χ2n) is 6.10. The summed E-state index contributed by atoms with van der Waals surface area (Å²) in [5, 5.41) is 5.13. The Hall–Kier alpha value is -1.80. The maximum absolute atomic E-state index is 6.00. The van der Waals surface area contributed by atoms with Gasteiger partial charge in [0.15, 0.2) is 0 Å². The van der Waals surface area contributed by atoms with Crippen LogP contribution in [-0.2, 0) is 4.74 Å². The number of methoxy groups -OCH3 is 1. The van der Waals surface area contributed by atoms with Crippen molar-refractivity contribution >= 4 is 45.6 Å². The van der Waals surface area contributed by atoms with E-state index < -0.39 is 0 Å². The van der Waals surface area contributed by atoms with Crippen molar-refractivity contribution in [1.82, 2.24) is 4.68 Å². The van der Waals surface area contributed by atoms with Gasteiger partial charge in [-0.3, -0.25) is 0 Å². The number of hydrogen-bond acceptors (Lipinski definition) is 5. The standard InChI is InChI=1S/C20H20ClN3O2S.BrH/c1-25-18-4-2-3-15(13-18)19-14-27-20(22-17-7-5-16(21)6-8-17)24(19)23-9-11-26-12-10-23;/h2-8,13-14H,9-12H2,1H3;1H. The van der Waals surface area contributed by atoms with Crippen molar-refractivity contribution in [2.24, 2.45) is 4.99 Å². The second kappa shape index (κ2) is 9.60. The lowest BCUT2D eigenvalue weighted by Crippen LogP contribution is -2.48. The Morgan fingerprint density at radius 2 is 1.86 bits per heavy atom. The quantitative estimate of drug-likeness (QED) is 0.543. The van der Waals surface area contributed by atoms with Crippen molar-refractivity contribution in [2.45, 2.75) is 0 Å². The first kappa shape index (κ1) is 20.9. The molecule has 0 bridgehead atoms. The molecule has 0 amide bonds. The fourth-order valence-corrected chi connectivity index (χ4v) is 4.06. The van der Waals surface area contributed by atoms with E-state index in [0.717, 1.165) is 40.6 Å². The van der Waals surface area contributed by atoms with Crippen LogP contribution in [0.3, 0.4) is 0 Å². The minimum Gasteiger partial charge on any atom is -0.497 e. The molecule has 28 heavy (non-hydrogen) atoms. The van der Waals surface area contributed by atoms with Gasteiger partial charge in [0.25, 0.3) is 0 Å². The molecule has 4 rings (SSSR count). The molecule has 0 aliphatic carbocycles. The molecular weight excluding hydrogens is 462 g/mol. The van der Waals surface area contributed by atoms with Gasteiger partial charge in [0.05, 0.1) is 44.8 Å². The number of aromatic nitrogens is 1. The minimum atomic E-state index is 0. The third-order valence-corrected chi connectivity index (χ3v) is 5.44. The van der Waals surface area contributed by atoms with Crippen molar-refractivity contribution in [2.75, 3.05) is 38.4 Å². The summed E-state index contributed by atoms with van der Waals surface area (Å²) in [4.78, 5) is 5.77. The van der Waals surface area contributed by atoms with Crippen LogP contribution in [0.25, 0.3) is 11.3 Å². The molecule has 1 aliphatic rings. The highest BCUT2D eigenvalue weighted by Crippen LogP contribution is 2.25. The molecule has 0 atom stereocenters. The van der Waals surface area contributed by atoms with Gasteiger partial charge in [0, 0.05) is 16.0 Å². The zero-order valence-electron chi connectivity index (χ0n) is 15.4. The molecule has 3 aromatic rings. The summed E-state index contributed by atoms with van der Waals surface area (Å²) in [6.45, 7) is 3.06. The normalized spacial score (nSPS) is 14.6. The molecule has 0 radical (unpaired) electrons. The summed E-state index contributed by atoms with van der Waals surface area (Å²) in [5.74, 6) is 0.836. The van der Waals surface area contributed by atoms with Crippen LogP contribution in [0.2, 0.25) is 5.02 Å². The summed E-state index contributed by atoms with van der Waals surface area (Å²) in [6, 6.07) is 15.7. The molecule has 148 valence electrons. The Labute approximate surface area is 183 Å². The topological polar surface area (TPSA) is 39.0 Å². The van der Waals surface area contributed by atoms with Crippen LogP contribution in [0, 0.1) is 0 Å². The molecule has 0 spiro atoms. The van der Waals surface area contributed by atoms with Crippen molar-refractivity contribution < 1.29 is 9.47 Å². The number of nitrogens with zero attached hydrogens (tertiary/aromatic N) is 3. The number of ether oxygens (including phenoxy) is 2. The smallest absolute Gasteiger partial charge is 0.209 e. The number of morpholine rings is 1. The number of rotatable bonds is 4. The highest BCUT2D eigenvalue weighted by atomic mass is 79.9. The SMILES string of the molecule is Br.COc1cccc(-c2csc(=Nc3ccc(Cl)cc3)n2N2CCOCC2)c1. The average Bonchev–Trinajstić information content (AvgIpc) is 3.14. The van der Waals surface area contributed by atoms with Gasteiger partial charge in [0.1, 0.15) is 5.75 Å². The first-order chi connectivity index (χ1) is 13.2. The highest BCUT2D eigenvalue weighted by molar-refractivity contribution is 8.93. The molecule has 8 heteroatoms. The van der Waals surface area contributed by atoms with E-state index in [1.165, 1.54) is 0 Å². The lowest BCUT2D eigenvalue weighted by molar-refractivity contribution is 0.111. The highest BCUT2D eigenvalue weighted by Gasteiger charge is 2.17. The Bertz CT molecular complexity index is 982. The zero-order valence-corrected chi connectivity index (χ0v) is 18.7. The van der Waals surface area contributed by atoms with E-state index in [2.05, 4.69) is 21.1 Å². The van der Waals surface area contributed by atoms with Crippen LogP contribution in [0.5, 0.6) is 5.75 Å². The monoisotopic (exact) mass is 481 g/mol. The van der Waals surface area contributed by atoms with Crippen LogP contribution in [-0.4, -0.2) is 38.1 Å². The maximum atomic E-state index is 6.00. The van der Waals surface area contributed by atoms with Gasteiger partial charge in [-0.1, -0.05) is 23.7 Å². The first-order valence-electron chi connectivity index (χ1n) is 8.73. The van der Waals surface area contributed by atoms with Crippen LogP contribution >= 0.6 is 39.9 Å². The fourth-order valence-electron chi connectivity index (χ4n) is 3.01. The lowest BCUT2D eigenvalue weighted by atomic mass is 10.1.